The van der Waals surface area contributed by atoms with Crippen molar-refractivity contribution in [3.63, 3.8) is 0 Å². The summed E-state index contributed by atoms with van der Waals surface area (Å²) >= 11 is 0. The molecule has 1 N–H and O–H groups in total. The van der Waals surface area contributed by atoms with E-state index in [-0.39, 0.29) is 11.3 Å². The number of alkyl halides is 3. The number of aryl methyl sites for hydroxylation is 1. The van der Waals surface area contributed by atoms with Crippen LogP contribution >= 0.6 is 0 Å². The predicted molar refractivity (Wildman–Crippen MR) is 50.5 cm³/mol. The first kappa shape index (κ1) is 11.4. The fourth-order valence-corrected chi connectivity index (χ4v) is 1.34. The van der Waals surface area contributed by atoms with E-state index in [2.05, 4.69) is 0 Å². The topological polar surface area (TPSA) is 20.2 Å². The standard InChI is InChI=1S/C11H9F3O/c1-3-10(11(12,13)14)8-4-7(2)5-9(15)6-8/h1,4-6,10,15H,2H3. The minimum Gasteiger partial charge on any atom is -0.508 e. The number of aromatic hydroxyl groups is 1. The Morgan fingerprint density at radius 2 is 1.93 bits per heavy atom. The fourth-order valence-electron chi connectivity index (χ4n) is 1.34. The van der Waals surface area contributed by atoms with E-state index >= 15 is 0 Å². The van der Waals surface area contributed by atoms with Crippen LogP contribution in [0.15, 0.2) is 18.2 Å². The van der Waals surface area contributed by atoms with Gasteiger partial charge >= 0.3 is 6.18 Å². The van der Waals surface area contributed by atoms with Crippen molar-refractivity contribution in [3.05, 3.63) is 29.3 Å². The van der Waals surface area contributed by atoms with Gasteiger partial charge in [-0.3, -0.25) is 0 Å². The van der Waals surface area contributed by atoms with Gasteiger partial charge in [0.1, 0.15) is 11.7 Å². The van der Waals surface area contributed by atoms with Gasteiger partial charge in [0.25, 0.3) is 0 Å². The second kappa shape index (κ2) is 3.85. The second-order valence-electron chi connectivity index (χ2n) is 3.24. The molecule has 0 radical (unpaired) electrons. The number of benzene rings is 1. The quantitative estimate of drug-likeness (QED) is 0.712. The summed E-state index contributed by atoms with van der Waals surface area (Å²) in [5, 5.41) is 9.17. The van der Waals surface area contributed by atoms with E-state index in [1.807, 2.05) is 0 Å². The van der Waals surface area contributed by atoms with Gasteiger partial charge in [0, 0.05) is 0 Å². The lowest BCUT2D eigenvalue weighted by Gasteiger charge is -2.15. The first-order chi connectivity index (χ1) is 6.84. The molecular weight excluding hydrogens is 205 g/mol. The maximum atomic E-state index is 12.4. The number of halogens is 3. The Hall–Kier alpha value is -1.63. The largest absolute Gasteiger partial charge is 0.508 e. The molecule has 0 amide bonds. The molecule has 0 aliphatic rings. The lowest BCUT2D eigenvalue weighted by molar-refractivity contribution is -0.137. The Bertz CT molecular complexity index is 381. The molecule has 0 saturated carbocycles. The van der Waals surface area contributed by atoms with Crippen molar-refractivity contribution in [2.24, 2.45) is 0 Å². The average molecular weight is 214 g/mol. The summed E-state index contributed by atoms with van der Waals surface area (Å²) in [6.45, 7) is 1.59. The maximum Gasteiger partial charge on any atom is 0.406 e. The lowest BCUT2D eigenvalue weighted by atomic mass is 9.97. The minimum absolute atomic E-state index is 0.109. The molecule has 0 aliphatic carbocycles. The zero-order chi connectivity index (χ0) is 11.6. The molecule has 0 heterocycles. The van der Waals surface area contributed by atoms with Crippen molar-refractivity contribution >= 4 is 0 Å². The van der Waals surface area contributed by atoms with Crippen LogP contribution < -0.4 is 0 Å². The molecule has 0 spiro atoms. The molecule has 0 fully saturated rings. The number of terminal acetylenes is 1. The van der Waals surface area contributed by atoms with Crippen LogP contribution in [-0.2, 0) is 0 Å². The summed E-state index contributed by atoms with van der Waals surface area (Å²) in [5.41, 5.74) is 0.428. The summed E-state index contributed by atoms with van der Waals surface area (Å²) in [7, 11) is 0. The average Bonchev–Trinajstić information content (AvgIpc) is 1.99. The molecule has 1 nitrogen and oxygen atoms in total. The van der Waals surface area contributed by atoms with Crippen LogP contribution in [0.4, 0.5) is 13.2 Å². The predicted octanol–water partition coefficient (Wildman–Crippen LogP) is 2.98. The summed E-state index contributed by atoms with van der Waals surface area (Å²) in [6, 6.07) is 3.72. The number of phenols is 1. The van der Waals surface area contributed by atoms with Crippen molar-refractivity contribution in [2.45, 2.75) is 19.0 Å². The number of rotatable bonds is 1. The molecule has 15 heavy (non-hydrogen) atoms. The molecule has 1 aromatic rings. The van der Waals surface area contributed by atoms with E-state index in [9.17, 15) is 13.2 Å². The molecule has 0 saturated heterocycles. The SMILES string of the molecule is C#CC(c1cc(C)cc(O)c1)C(F)(F)F. The molecular formula is C11H9F3O. The third kappa shape index (κ3) is 2.66. The van der Waals surface area contributed by atoms with Gasteiger partial charge in [-0.1, -0.05) is 12.0 Å². The summed E-state index contributed by atoms with van der Waals surface area (Å²) in [6.07, 6.45) is 0.348. The fraction of sp³-hybridized carbons (Fsp3) is 0.273. The van der Waals surface area contributed by atoms with Gasteiger partial charge in [0.05, 0.1) is 0 Å². The Balaban J connectivity index is 3.20. The highest BCUT2D eigenvalue weighted by molar-refractivity contribution is 5.38. The Kier molecular flexibility index (Phi) is 2.94. The van der Waals surface area contributed by atoms with Crippen LogP contribution in [0, 0.1) is 19.3 Å². The highest BCUT2D eigenvalue weighted by atomic mass is 19.4. The van der Waals surface area contributed by atoms with Crippen LogP contribution in [0.2, 0.25) is 0 Å². The van der Waals surface area contributed by atoms with Crippen LogP contribution in [0.1, 0.15) is 17.0 Å². The van der Waals surface area contributed by atoms with Gasteiger partial charge in [0.15, 0.2) is 0 Å². The zero-order valence-electron chi connectivity index (χ0n) is 7.97. The molecule has 1 aromatic carbocycles. The van der Waals surface area contributed by atoms with E-state index in [1.165, 1.54) is 12.1 Å². The van der Waals surface area contributed by atoms with Gasteiger partial charge < -0.3 is 5.11 Å². The highest BCUT2D eigenvalue weighted by Gasteiger charge is 2.39. The van der Waals surface area contributed by atoms with E-state index in [0.29, 0.717) is 5.56 Å². The first-order valence-corrected chi connectivity index (χ1v) is 4.18. The van der Waals surface area contributed by atoms with E-state index < -0.39 is 12.1 Å². The van der Waals surface area contributed by atoms with Crippen molar-refractivity contribution in [1.29, 1.82) is 0 Å². The molecule has 1 unspecified atom stereocenters. The Morgan fingerprint density at radius 1 is 1.33 bits per heavy atom. The van der Waals surface area contributed by atoms with Crippen molar-refractivity contribution in [2.75, 3.05) is 0 Å². The molecule has 0 bridgehead atoms. The van der Waals surface area contributed by atoms with Crippen molar-refractivity contribution < 1.29 is 18.3 Å². The van der Waals surface area contributed by atoms with Gasteiger partial charge in [-0.25, -0.2) is 0 Å². The summed E-state index contributed by atoms with van der Waals surface area (Å²) in [4.78, 5) is 0. The Morgan fingerprint density at radius 3 is 2.33 bits per heavy atom. The normalized spacial score (nSPS) is 13.3. The van der Waals surface area contributed by atoms with Crippen LogP contribution in [-0.4, -0.2) is 11.3 Å². The first-order valence-electron chi connectivity index (χ1n) is 4.18. The monoisotopic (exact) mass is 214 g/mol. The van der Waals surface area contributed by atoms with Crippen molar-refractivity contribution in [3.8, 4) is 18.1 Å². The molecule has 1 atom stereocenters. The van der Waals surface area contributed by atoms with E-state index in [1.54, 1.807) is 12.8 Å². The molecule has 1 rings (SSSR count). The molecule has 0 aromatic heterocycles. The minimum atomic E-state index is -4.49. The van der Waals surface area contributed by atoms with Crippen LogP contribution in [0.5, 0.6) is 5.75 Å². The van der Waals surface area contributed by atoms with Gasteiger partial charge in [0.2, 0.25) is 0 Å². The molecule has 80 valence electrons. The number of hydrogen-bond acceptors (Lipinski definition) is 1. The van der Waals surface area contributed by atoms with Gasteiger partial charge in [-0.15, -0.1) is 6.42 Å². The van der Waals surface area contributed by atoms with Gasteiger partial charge in [-0.2, -0.15) is 13.2 Å². The van der Waals surface area contributed by atoms with E-state index in [4.69, 9.17) is 11.5 Å². The number of phenolic OH excluding ortho intramolecular Hbond substituents is 1. The molecule has 0 aliphatic heterocycles. The van der Waals surface area contributed by atoms with Gasteiger partial charge in [-0.05, 0) is 30.2 Å². The smallest absolute Gasteiger partial charge is 0.406 e. The second-order valence-corrected chi connectivity index (χ2v) is 3.24. The maximum absolute atomic E-state index is 12.4. The van der Waals surface area contributed by atoms with E-state index in [0.717, 1.165) is 6.07 Å². The summed E-state index contributed by atoms with van der Waals surface area (Å²) in [5.74, 6) is -0.506. The number of hydrogen-bond donors (Lipinski definition) is 1. The Labute approximate surface area is 85.5 Å². The van der Waals surface area contributed by atoms with Crippen LogP contribution in [0.25, 0.3) is 0 Å². The highest BCUT2D eigenvalue weighted by Crippen LogP contribution is 2.35. The summed E-state index contributed by atoms with van der Waals surface area (Å²) < 4.78 is 37.3. The third-order valence-electron chi connectivity index (χ3n) is 1.91. The third-order valence-corrected chi connectivity index (χ3v) is 1.91. The lowest BCUT2D eigenvalue weighted by Crippen LogP contribution is -2.19. The molecule has 4 heteroatoms. The van der Waals surface area contributed by atoms with Crippen LogP contribution in [0.3, 0.4) is 0 Å². The van der Waals surface area contributed by atoms with Crippen molar-refractivity contribution in [1.82, 2.24) is 0 Å². The zero-order valence-corrected chi connectivity index (χ0v) is 7.97.